The fourth-order valence-corrected chi connectivity index (χ4v) is 1.12. The molecule has 0 aliphatic heterocycles. The van der Waals surface area contributed by atoms with Gasteiger partial charge in [0.1, 0.15) is 0 Å². The standard InChI is InChI=1S/C11H21NO5/c1-8(2)17-6-4-5-10(13)12-7-9(16-3)11(14)15/h8-9H,4-7H2,1-3H3,(H,12,13)(H,14,15). The third kappa shape index (κ3) is 8.65. The van der Waals surface area contributed by atoms with Gasteiger partial charge < -0.3 is 19.9 Å². The van der Waals surface area contributed by atoms with Crippen LogP contribution in [0, 0.1) is 0 Å². The molecule has 0 aliphatic rings. The van der Waals surface area contributed by atoms with Crippen LogP contribution in [0.3, 0.4) is 0 Å². The summed E-state index contributed by atoms with van der Waals surface area (Å²) < 4.78 is 9.96. The fraction of sp³-hybridized carbons (Fsp3) is 0.818. The van der Waals surface area contributed by atoms with E-state index in [1.54, 1.807) is 0 Å². The monoisotopic (exact) mass is 247 g/mol. The number of rotatable bonds is 9. The third-order valence-electron chi connectivity index (χ3n) is 2.04. The molecular weight excluding hydrogens is 226 g/mol. The van der Waals surface area contributed by atoms with Gasteiger partial charge in [0.25, 0.3) is 0 Å². The Morgan fingerprint density at radius 1 is 1.35 bits per heavy atom. The van der Waals surface area contributed by atoms with Crippen LogP contribution in [0.25, 0.3) is 0 Å². The number of carbonyl (C=O) groups is 2. The summed E-state index contributed by atoms with van der Waals surface area (Å²) in [4.78, 5) is 21.9. The van der Waals surface area contributed by atoms with Gasteiger partial charge in [0, 0.05) is 20.1 Å². The summed E-state index contributed by atoms with van der Waals surface area (Å²) in [5.74, 6) is -1.28. The highest BCUT2D eigenvalue weighted by molar-refractivity contribution is 5.78. The van der Waals surface area contributed by atoms with Gasteiger partial charge in [-0.1, -0.05) is 0 Å². The van der Waals surface area contributed by atoms with E-state index in [9.17, 15) is 9.59 Å². The molecule has 1 amide bonds. The van der Waals surface area contributed by atoms with Crippen molar-refractivity contribution in [2.75, 3.05) is 20.3 Å². The molecular formula is C11H21NO5. The highest BCUT2D eigenvalue weighted by Crippen LogP contribution is 1.95. The molecule has 0 aromatic heterocycles. The van der Waals surface area contributed by atoms with Crippen molar-refractivity contribution in [3.63, 3.8) is 0 Å². The quantitative estimate of drug-likeness (QED) is 0.576. The van der Waals surface area contributed by atoms with Crippen LogP contribution in [-0.2, 0) is 19.1 Å². The normalized spacial score (nSPS) is 12.5. The van der Waals surface area contributed by atoms with Crippen LogP contribution < -0.4 is 5.32 Å². The molecule has 6 heteroatoms. The smallest absolute Gasteiger partial charge is 0.334 e. The Bertz CT molecular complexity index is 242. The fourth-order valence-electron chi connectivity index (χ4n) is 1.12. The summed E-state index contributed by atoms with van der Waals surface area (Å²) >= 11 is 0. The van der Waals surface area contributed by atoms with Crippen molar-refractivity contribution in [3.8, 4) is 0 Å². The molecule has 2 N–H and O–H groups in total. The van der Waals surface area contributed by atoms with Gasteiger partial charge in [-0.15, -0.1) is 0 Å². The van der Waals surface area contributed by atoms with Crippen molar-refractivity contribution in [3.05, 3.63) is 0 Å². The number of methoxy groups -OCH3 is 1. The average Bonchev–Trinajstić information content (AvgIpc) is 2.24. The summed E-state index contributed by atoms with van der Waals surface area (Å²) in [6.07, 6.45) is 0.103. The molecule has 0 saturated heterocycles. The van der Waals surface area contributed by atoms with E-state index >= 15 is 0 Å². The second kappa shape index (κ2) is 8.95. The summed E-state index contributed by atoms with van der Waals surface area (Å²) in [5, 5.41) is 11.2. The Labute approximate surface area is 101 Å². The van der Waals surface area contributed by atoms with Crippen molar-refractivity contribution in [2.24, 2.45) is 0 Å². The molecule has 17 heavy (non-hydrogen) atoms. The molecule has 1 unspecified atom stereocenters. The first-order valence-electron chi connectivity index (χ1n) is 5.61. The summed E-state index contributed by atoms with van der Waals surface area (Å²) in [5.41, 5.74) is 0. The van der Waals surface area contributed by atoms with Crippen LogP contribution in [0.5, 0.6) is 0 Å². The Morgan fingerprint density at radius 2 is 2.00 bits per heavy atom. The minimum atomic E-state index is -1.09. The van der Waals surface area contributed by atoms with Crippen molar-refractivity contribution in [1.29, 1.82) is 0 Å². The number of carboxylic acid groups (broad SMARTS) is 1. The average molecular weight is 247 g/mol. The van der Waals surface area contributed by atoms with E-state index in [1.165, 1.54) is 7.11 Å². The van der Waals surface area contributed by atoms with Crippen LogP contribution in [0.15, 0.2) is 0 Å². The zero-order chi connectivity index (χ0) is 13.3. The summed E-state index contributed by atoms with van der Waals surface area (Å²) in [6, 6.07) is 0. The molecule has 0 aromatic rings. The predicted octanol–water partition coefficient (Wildman–Crippen LogP) is 0.407. The molecule has 0 spiro atoms. The lowest BCUT2D eigenvalue weighted by atomic mass is 10.3. The molecule has 0 aromatic carbocycles. The Balaban J connectivity index is 3.62. The second-order valence-electron chi connectivity index (χ2n) is 3.89. The van der Waals surface area contributed by atoms with E-state index < -0.39 is 12.1 Å². The second-order valence-corrected chi connectivity index (χ2v) is 3.89. The topological polar surface area (TPSA) is 84.9 Å². The van der Waals surface area contributed by atoms with Gasteiger partial charge in [0.05, 0.1) is 12.6 Å². The lowest BCUT2D eigenvalue weighted by Gasteiger charge is -2.11. The van der Waals surface area contributed by atoms with E-state index in [0.717, 1.165) is 0 Å². The van der Waals surface area contributed by atoms with Crippen molar-refractivity contribution in [1.82, 2.24) is 5.32 Å². The molecule has 6 nitrogen and oxygen atoms in total. The van der Waals surface area contributed by atoms with Crippen LogP contribution in [0.2, 0.25) is 0 Å². The van der Waals surface area contributed by atoms with Gasteiger partial charge in [-0.3, -0.25) is 4.79 Å². The van der Waals surface area contributed by atoms with Gasteiger partial charge in [0.2, 0.25) is 5.91 Å². The lowest BCUT2D eigenvalue weighted by molar-refractivity contribution is -0.148. The van der Waals surface area contributed by atoms with Crippen LogP contribution in [0.1, 0.15) is 26.7 Å². The van der Waals surface area contributed by atoms with E-state index in [-0.39, 0.29) is 18.6 Å². The summed E-state index contributed by atoms with van der Waals surface area (Å²) in [7, 11) is 1.29. The van der Waals surface area contributed by atoms with E-state index in [2.05, 4.69) is 10.1 Å². The maximum Gasteiger partial charge on any atom is 0.334 e. The predicted molar refractivity (Wildman–Crippen MR) is 61.8 cm³/mol. The number of amides is 1. The number of carboxylic acids is 1. The molecule has 100 valence electrons. The van der Waals surface area contributed by atoms with Crippen LogP contribution >= 0.6 is 0 Å². The molecule has 0 aliphatic carbocycles. The van der Waals surface area contributed by atoms with Crippen molar-refractivity contribution >= 4 is 11.9 Å². The molecule has 0 radical (unpaired) electrons. The highest BCUT2D eigenvalue weighted by atomic mass is 16.5. The first kappa shape index (κ1) is 15.9. The molecule has 0 saturated carbocycles. The largest absolute Gasteiger partial charge is 0.479 e. The number of nitrogens with one attached hydrogen (secondary N) is 1. The number of hydrogen-bond acceptors (Lipinski definition) is 4. The van der Waals surface area contributed by atoms with Crippen LogP contribution in [-0.4, -0.2) is 49.5 Å². The van der Waals surface area contributed by atoms with Gasteiger partial charge in [0.15, 0.2) is 6.10 Å². The third-order valence-corrected chi connectivity index (χ3v) is 2.04. The van der Waals surface area contributed by atoms with E-state index in [4.69, 9.17) is 9.84 Å². The number of aliphatic carboxylic acids is 1. The molecule has 0 bridgehead atoms. The van der Waals surface area contributed by atoms with Gasteiger partial charge in [-0.25, -0.2) is 4.79 Å². The maximum absolute atomic E-state index is 11.3. The Hall–Kier alpha value is -1.14. The minimum Gasteiger partial charge on any atom is -0.479 e. The van der Waals surface area contributed by atoms with E-state index in [0.29, 0.717) is 19.4 Å². The van der Waals surface area contributed by atoms with Gasteiger partial charge in [-0.05, 0) is 20.3 Å². The zero-order valence-electron chi connectivity index (χ0n) is 10.6. The Morgan fingerprint density at radius 3 is 2.47 bits per heavy atom. The first-order chi connectivity index (χ1) is 7.97. The zero-order valence-corrected chi connectivity index (χ0v) is 10.6. The first-order valence-corrected chi connectivity index (χ1v) is 5.61. The number of hydrogen-bond donors (Lipinski definition) is 2. The van der Waals surface area contributed by atoms with Gasteiger partial charge >= 0.3 is 5.97 Å². The minimum absolute atomic E-state index is 0.0182. The molecule has 0 heterocycles. The van der Waals surface area contributed by atoms with Crippen molar-refractivity contribution < 1.29 is 24.2 Å². The number of carbonyl (C=O) groups excluding carboxylic acids is 1. The maximum atomic E-state index is 11.3. The van der Waals surface area contributed by atoms with Crippen LogP contribution in [0.4, 0.5) is 0 Å². The van der Waals surface area contributed by atoms with Crippen molar-refractivity contribution in [2.45, 2.75) is 38.9 Å². The van der Waals surface area contributed by atoms with E-state index in [1.807, 2.05) is 13.8 Å². The van der Waals surface area contributed by atoms with Gasteiger partial charge in [-0.2, -0.15) is 0 Å². The number of ether oxygens (including phenoxy) is 2. The molecule has 0 rings (SSSR count). The summed E-state index contributed by atoms with van der Waals surface area (Å²) in [6.45, 7) is 4.36. The SMILES string of the molecule is COC(CNC(=O)CCCOC(C)C)C(=O)O. The highest BCUT2D eigenvalue weighted by Gasteiger charge is 2.16. The molecule has 0 fully saturated rings. The molecule has 1 atom stereocenters. The Kier molecular flexibility index (Phi) is 8.35. The lowest BCUT2D eigenvalue weighted by Crippen LogP contribution is -2.37.